The number of aromatic amines is 1. The van der Waals surface area contributed by atoms with E-state index in [1.165, 1.54) is 11.0 Å². The van der Waals surface area contributed by atoms with Crippen LogP contribution >= 0.6 is 23.2 Å². The molecule has 120 valence electrons. The Balaban J connectivity index is 2.09. The first kappa shape index (κ1) is 14.9. The van der Waals surface area contributed by atoms with Crippen molar-refractivity contribution in [2.24, 2.45) is 12.8 Å². The topological polar surface area (TPSA) is 115 Å². The van der Waals surface area contributed by atoms with Crippen molar-refractivity contribution in [2.45, 2.75) is 0 Å². The number of nitrogens with zero attached hydrogens (tertiary/aromatic N) is 5. The standard InChI is InChI=1S/C14H9Cl2N7O/c1-23-12(16)7-6(22-23)3-2-5(9(7)15)10-8-11(13(17)24)18-4-19-14(8)21-20-10/h2-4H,1H3,(H2,17,24)(H,18,19,20,21). The van der Waals surface area contributed by atoms with Gasteiger partial charge in [0.2, 0.25) is 0 Å². The summed E-state index contributed by atoms with van der Waals surface area (Å²) in [6, 6.07) is 3.54. The predicted molar refractivity (Wildman–Crippen MR) is 89.9 cm³/mol. The van der Waals surface area contributed by atoms with Crippen molar-refractivity contribution in [3.63, 3.8) is 0 Å². The van der Waals surface area contributed by atoms with E-state index in [9.17, 15) is 4.79 Å². The molecule has 0 spiro atoms. The van der Waals surface area contributed by atoms with Crippen LogP contribution in [0.25, 0.3) is 33.2 Å². The SMILES string of the molecule is Cn1nc2ccc(-c3[nH]nc4ncnc(C(N)=O)c34)c(Cl)c2c1Cl. The van der Waals surface area contributed by atoms with E-state index in [0.29, 0.717) is 43.4 Å². The Labute approximate surface area is 144 Å². The molecule has 0 saturated heterocycles. The maximum absolute atomic E-state index is 11.7. The average molecular weight is 362 g/mol. The zero-order chi connectivity index (χ0) is 17.0. The summed E-state index contributed by atoms with van der Waals surface area (Å²) in [5.74, 6) is -0.679. The summed E-state index contributed by atoms with van der Waals surface area (Å²) in [6.45, 7) is 0. The summed E-state index contributed by atoms with van der Waals surface area (Å²) in [5, 5.41) is 13.0. The number of primary amides is 1. The molecule has 0 unspecified atom stereocenters. The Bertz CT molecular complexity index is 1130. The summed E-state index contributed by atoms with van der Waals surface area (Å²) in [7, 11) is 1.73. The number of nitrogens with one attached hydrogen (secondary N) is 1. The number of carbonyl (C=O) groups excluding carboxylic acids is 1. The maximum atomic E-state index is 11.7. The number of amides is 1. The minimum atomic E-state index is -0.679. The fourth-order valence-corrected chi connectivity index (χ4v) is 3.26. The van der Waals surface area contributed by atoms with Crippen molar-refractivity contribution < 1.29 is 4.79 Å². The number of aromatic nitrogens is 6. The van der Waals surface area contributed by atoms with Crippen LogP contribution in [0.4, 0.5) is 0 Å². The van der Waals surface area contributed by atoms with E-state index in [1.54, 1.807) is 19.2 Å². The van der Waals surface area contributed by atoms with Gasteiger partial charge in [0.1, 0.15) is 17.2 Å². The van der Waals surface area contributed by atoms with Crippen molar-refractivity contribution in [3.05, 3.63) is 34.3 Å². The average Bonchev–Trinajstić information content (AvgIpc) is 3.10. The van der Waals surface area contributed by atoms with Crippen molar-refractivity contribution in [1.82, 2.24) is 29.9 Å². The molecule has 0 fully saturated rings. The number of carbonyl (C=O) groups is 1. The van der Waals surface area contributed by atoms with Crippen LogP contribution in [0.15, 0.2) is 18.5 Å². The molecule has 24 heavy (non-hydrogen) atoms. The Hall–Kier alpha value is -2.71. The van der Waals surface area contributed by atoms with Gasteiger partial charge in [0.25, 0.3) is 5.91 Å². The molecule has 0 atom stereocenters. The van der Waals surface area contributed by atoms with Gasteiger partial charge in [-0.05, 0) is 12.1 Å². The lowest BCUT2D eigenvalue weighted by atomic mass is 10.1. The third-order valence-corrected chi connectivity index (χ3v) is 4.55. The quantitative estimate of drug-likeness (QED) is 0.568. The summed E-state index contributed by atoms with van der Waals surface area (Å²) in [6.07, 6.45) is 1.23. The van der Waals surface area contributed by atoms with Gasteiger partial charge in [-0.2, -0.15) is 10.2 Å². The molecule has 1 amide bonds. The van der Waals surface area contributed by atoms with E-state index in [-0.39, 0.29) is 5.69 Å². The van der Waals surface area contributed by atoms with Gasteiger partial charge in [-0.3, -0.25) is 14.6 Å². The molecule has 0 aliphatic heterocycles. The molecule has 4 aromatic rings. The molecule has 0 saturated carbocycles. The van der Waals surface area contributed by atoms with Gasteiger partial charge in [-0.1, -0.05) is 23.2 Å². The molecule has 10 heteroatoms. The van der Waals surface area contributed by atoms with E-state index in [2.05, 4.69) is 25.3 Å². The number of H-pyrrole nitrogens is 1. The number of rotatable bonds is 2. The lowest BCUT2D eigenvalue weighted by Crippen LogP contribution is -2.13. The van der Waals surface area contributed by atoms with Crippen LogP contribution in [0.1, 0.15) is 10.5 Å². The first-order chi connectivity index (χ1) is 11.5. The molecular weight excluding hydrogens is 353 g/mol. The molecule has 8 nitrogen and oxygen atoms in total. The van der Waals surface area contributed by atoms with Gasteiger partial charge >= 0.3 is 0 Å². The monoisotopic (exact) mass is 361 g/mol. The van der Waals surface area contributed by atoms with Crippen molar-refractivity contribution >= 4 is 51.0 Å². The second-order valence-corrected chi connectivity index (χ2v) is 5.86. The fraction of sp³-hybridized carbons (Fsp3) is 0.0714. The zero-order valence-corrected chi connectivity index (χ0v) is 13.7. The summed E-state index contributed by atoms with van der Waals surface area (Å²) >= 11 is 12.8. The lowest BCUT2D eigenvalue weighted by Gasteiger charge is -2.05. The highest BCUT2D eigenvalue weighted by Gasteiger charge is 2.21. The minimum absolute atomic E-state index is 0.0668. The number of hydrogen-bond donors (Lipinski definition) is 2. The Kier molecular flexibility index (Phi) is 3.19. The highest BCUT2D eigenvalue weighted by atomic mass is 35.5. The Morgan fingerprint density at radius 1 is 1.25 bits per heavy atom. The van der Waals surface area contributed by atoms with Gasteiger partial charge in [0.15, 0.2) is 5.65 Å². The molecule has 0 aliphatic rings. The van der Waals surface area contributed by atoms with Crippen molar-refractivity contribution in [3.8, 4) is 11.3 Å². The van der Waals surface area contributed by atoms with Gasteiger partial charge in [-0.25, -0.2) is 9.97 Å². The van der Waals surface area contributed by atoms with Crippen LogP contribution in [0.5, 0.6) is 0 Å². The third kappa shape index (κ3) is 1.97. The zero-order valence-electron chi connectivity index (χ0n) is 12.2. The molecule has 1 aromatic carbocycles. The first-order valence-corrected chi connectivity index (χ1v) is 7.54. The van der Waals surface area contributed by atoms with E-state index >= 15 is 0 Å². The molecule has 3 N–H and O–H groups in total. The highest BCUT2D eigenvalue weighted by molar-refractivity contribution is 6.43. The smallest absolute Gasteiger partial charge is 0.268 e. The fourth-order valence-electron chi connectivity index (χ4n) is 2.64. The van der Waals surface area contributed by atoms with Crippen LogP contribution < -0.4 is 5.73 Å². The van der Waals surface area contributed by atoms with Crippen molar-refractivity contribution in [2.75, 3.05) is 0 Å². The van der Waals surface area contributed by atoms with Crippen LogP contribution in [0.2, 0.25) is 10.2 Å². The predicted octanol–water partition coefficient (Wildman–Crippen LogP) is 2.31. The number of fused-ring (bicyclic) bond motifs is 2. The molecule has 4 rings (SSSR count). The molecule has 0 radical (unpaired) electrons. The second-order valence-electron chi connectivity index (χ2n) is 5.12. The van der Waals surface area contributed by atoms with Gasteiger partial charge in [-0.15, -0.1) is 0 Å². The molecule has 0 bridgehead atoms. The van der Waals surface area contributed by atoms with E-state index in [4.69, 9.17) is 28.9 Å². The van der Waals surface area contributed by atoms with Crippen LogP contribution in [0.3, 0.4) is 0 Å². The summed E-state index contributed by atoms with van der Waals surface area (Å²) < 4.78 is 1.53. The number of aryl methyl sites for hydroxylation is 1. The lowest BCUT2D eigenvalue weighted by molar-refractivity contribution is 0.0997. The first-order valence-electron chi connectivity index (χ1n) is 6.79. The third-order valence-electron chi connectivity index (χ3n) is 3.72. The van der Waals surface area contributed by atoms with Gasteiger partial charge in [0, 0.05) is 12.6 Å². The molecule has 3 heterocycles. The van der Waals surface area contributed by atoms with Crippen LogP contribution in [-0.4, -0.2) is 35.9 Å². The van der Waals surface area contributed by atoms with Gasteiger partial charge < -0.3 is 5.73 Å². The van der Waals surface area contributed by atoms with Crippen LogP contribution in [0, 0.1) is 0 Å². The molecule has 0 aliphatic carbocycles. The van der Waals surface area contributed by atoms with E-state index < -0.39 is 5.91 Å². The van der Waals surface area contributed by atoms with E-state index in [1.807, 2.05) is 0 Å². The maximum Gasteiger partial charge on any atom is 0.268 e. The van der Waals surface area contributed by atoms with Crippen LogP contribution in [-0.2, 0) is 7.05 Å². The number of benzene rings is 1. The molecule has 3 aromatic heterocycles. The Morgan fingerprint density at radius 2 is 2.04 bits per heavy atom. The number of halogens is 2. The largest absolute Gasteiger partial charge is 0.364 e. The van der Waals surface area contributed by atoms with E-state index in [0.717, 1.165) is 0 Å². The minimum Gasteiger partial charge on any atom is -0.364 e. The Morgan fingerprint density at radius 3 is 2.79 bits per heavy atom. The normalized spacial score (nSPS) is 11.5. The highest BCUT2D eigenvalue weighted by Crippen LogP contribution is 2.39. The van der Waals surface area contributed by atoms with Gasteiger partial charge in [0.05, 0.1) is 27.0 Å². The molecular formula is C14H9Cl2N7O. The summed E-state index contributed by atoms with van der Waals surface area (Å²) in [4.78, 5) is 19.7. The number of nitrogens with two attached hydrogens (primary N) is 1. The summed E-state index contributed by atoms with van der Waals surface area (Å²) in [5.41, 5.74) is 7.54. The second kappa shape index (κ2) is 5.15. The van der Waals surface area contributed by atoms with Crippen molar-refractivity contribution in [1.29, 1.82) is 0 Å². The number of hydrogen-bond acceptors (Lipinski definition) is 5.